The molecule has 1 aromatic rings. The first-order chi connectivity index (χ1) is 9.20. The van der Waals surface area contributed by atoms with Crippen LogP contribution in [0.1, 0.15) is 23.7 Å². The molecule has 1 aromatic carbocycles. The van der Waals surface area contributed by atoms with E-state index in [1.54, 1.807) is 19.1 Å². The van der Waals surface area contributed by atoms with Gasteiger partial charge in [-0.1, -0.05) is 0 Å². The Hall–Kier alpha value is -1.75. The van der Waals surface area contributed by atoms with Crippen molar-refractivity contribution in [2.45, 2.75) is 13.3 Å². The van der Waals surface area contributed by atoms with Gasteiger partial charge < -0.3 is 20.5 Å². The standard InChI is InChI=1S/C14H20N2O3/c1-2-19-14(17)12-7-11(15)3-4-13(12)16-8-10-5-6-18-9-10/h3-4,7,10,16H,2,5-6,8-9,15H2,1H3. The van der Waals surface area contributed by atoms with Crippen molar-refractivity contribution in [1.82, 2.24) is 0 Å². The van der Waals surface area contributed by atoms with E-state index in [2.05, 4.69) is 5.32 Å². The third-order valence-electron chi connectivity index (χ3n) is 3.14. The minimum atomic E-state index is -0.347. The van der Waals surface area contributed by atoms with E-state index in [0.29, 0.717) is 23.8 Å². The van der Waals surface area contributed by atoms with Gasteiger partial charge in [0.15, 0.2) is 0 Å². The van der Waals surface area contributed by atoms with E-state index in [0.717, 1.165) is 31.9 Å². The van der Waals surface area contributed by atoms with Crippen molar-refractivity contribution in [2.24, 2.45) is 5.92 Å². The predicted octanol–water partition coefficient (Wildman–Crippen LogP) is 1.89. The lowest BCUT2D eigenvalue weighted by molar-refractivity contribution is 0.0527. The zero-order chi connectivity index (χ0) is 13.7. The maximum atomic E-state index is 11.9. The van der Waals surface area contributed by atoms with Crippen molar-refractivity contribution in [1.29, 1.82) is 0 Å². The number of carbonyl (C=O) groups excluding carboxylic acids is 1. The predicted molar refractivity (Wildman–Crippen MR) is 74.2 cm³/mol. The monoisotopic (exact) mass is 264 g/mol. The molecule has 0 amide bonds. The van der Waals surface area contributed by atoms with Crippen LogP contribution in [0.5, 0.6) is 0 Å². The molecule has 5 nitrogen and oxygen atoms in total. The molecule has 0 saturated carbocycles. The Kier molecular flexibility index (Phi) is 4.63. The molecule has 1 fully saturated rings. The van der Waals surface area contributed by atoms with Gasteiger partial charge in [-0.15, -0.1) is 0 Å². The molecule has 0 aliphatic carbocycles. The largest absolute Gasteiger partial charge is 0.462 e. The molecule has 0 spiro atoms. The Morgan fingerprint density at radius 2 is 2.42 bits per heavy atom. The van der Waals surface area contributed by atoms with Gasteiger partial charge in [-0.3, -0.25) is 0 Å². The number of nitrogens with two attached hydrogens (primary N) is 1. The van der Waals surface area contributed by atoms with Gasteiger partial charge >= 0.3 is 5.97 Å². The van der Waals surface area contributed by atoms with E-state index in [-0.39, 0.29) is 5.97 Å². The molecule has 5 heteroatoms. The summed E-state index contributed by atoms with van der Waals surface area (Å²) in [4.78, 5) is 11.9. The first kappa shape index (κ1) is 13.7. The fourth-order valence-electron chi connectivity index (χ4n) is 2.09. The number of nitrogens with one attached hydrogen (secondary N) is 1. The van der Waals surface area contributed by atoms with Gasteiger partial charge in [-0.05, 0) is 31.5 Å². The van der Waals surface area contributed by atoms with Gasteiger partial charge in [-0.2, -0.15) is 0 Å². The van der Waals surface area contributed by atoms with Crippen molar-refractivity contribution in [3.05, 3.63) is 23.8 Å². The molecule has 19 heavy (non-hydrogen) atoms. The van der Waals surface area contributed by atoms with Crippen molar-refractivity contribution in [3.8, 4) is 0 Å². The van der Waals surface area contributed by atoms with E-state index in [4.69, 9.17) is 15.2 Å². The quantitative estimate of drug-likeness (QED) is 0.627. The lowest BCUT2D eigenvalue weighted by Crippen LogP contribution is -2.17. The minimum Gasteiger partial charge on any atom is -0.462 e. The Bertz CT molecular complexity index is 442. The summed E-state index contributed by atoms with van der Waals surface area (Å²) < 4.78 is 10.4. The number of esters is 1. The molecular weight excluding hydrogens is 244 g/mol. The maximum absolute atomic E-state index is 11.9. The molecule has 1 unspecified atom stereocenters. The van der Waals surface area contributed by atoms with Crippen LogP contribution in [-0.4, -0.2) is 32.3 Å². The Labute approximate surface area is 113 Å². The highest BCUT2D eigenvalue weighted by Crippen LogP contribution is 2.21. The number of anilines is 2. The molecule has 1 aliphatic heterocycles. The zero-order valence-electron chi connectivity index (χ0n) is 11.1. The SMILES string of the molecule is CCOC(=O)c1cc(N)ccc1NCC1CCOC1. The number of hydrogen-bond acceptors (Lipinski definition) is 5. The molecule has 2 rings (SSSR count). The zero-order valence-corrected chi connectivity index (χ0v) is 11.1. The van der Waals surface area contributed by atoms with Crippen LogP contribution in [0.4, 0.5) is 11.4 Å². The minimum absolute atomic E-state index is 0.347. The lowest BCUT2D eigenvalue weighted by Gasteiger charge is -2.14. The van der Waals surface area contributed by atoms with Gasteiger partial charge in [0.1, 0.15) is 0 Å². The van der Waals surface area contributed by atoms with Crippen molar-refractivity contribution in [3.63, 3.8) is 0 Å². The summed E-state index contributed by atoms with van der Waals surface area (Å²) >= 11 is 0. The van der Waals surface area contributed by atoms with E-state index in [1.807, 2.05) is 6.07 Å². The number of nitrogen functional groups attached to an aromatic ring is 1. The lowest BCUT2D eigenvalue weighted by atomic mass is 10.1. The number of ether oxygens (including phenoxy) is 2. The van der Waals surface area contributed by atoms with Crippen molar-refractivity contribution >= 4 is 17.3 Å². The van der Waals surface area contributed by atoms with Gasteiger partial charge in [-0.25, -0.2) is 4.79 Å². The van der Waals surface area contributed by atoms with E-state index in [1.165, 1.54) is 0 Å². The van der Waals surface area contributed by atoms with Gasteiger partial charge in [0.25, 0.3) is 0 Å². The molecule has 1 heterocycles. The van der Waals surface area contributed by atoms with E-state index < -0.39 is 0 Å². The molecular formula is C14H20N2O3. The van der Waals surface area contributed by atoms with E-state index >= 15 is 0 Å². The van der Waals surface area contributed by atoms with Crippen LogP contribution < -0.4 is 11.1 Å². The topological polar surface area (TPSA) is 73.6 Å². The average molecular weight is 264 g/mol. The highest BCUT2D eigenvalue weighted by Gasteiger charge is 2.17. The second-order valence-corrected chi connectivity index (χ2v) is 4.64. The summed E-state index contributed by atoms with van der Waals surface area (Å²) in [6.45, 7) is 4.52. The maximum Gasteiger partial charge on any atom is 0.340 e. The smallest absolute Gasteiger partial charge is 0.340 e. The van der Waals surface area contributed by atoms with Crippen LogP contribution in [0.15, 0.2) is 18.2 Å². The number of carbonyl (C=O) groups is 1. The third-order valence-corrected chi connectivity index (χ3v) is 3.14. The van der Waals surface area contributed by atoms with Crippen molar-refractivity contribution in [2.75, 3.05) is 37.4 Å². The fourth-order valence-corrected chi connectivity index (χ4v) is 2.09. The number of hydrogen-bond donors (Lipinski definition) is 2. The summed E-state index contributed by atoms with van der Waals surface area (Å²) in [7, 11) is 0. The number of benzene rings is 1. The summed E-state index contributed by atoms with van der Waals surface area (Å²) in [6.07, 6.45) is 1.05. The van der Waals surface area contributed by atoms with E-state index in [9.17, 15) is 4.79 Å². The van der Waals surface area contributed by atoms with Crippen LogP contribution in [0.2, 0.25) is 0 Å². The third kappa shape index (κ3) is 3.61. The highest BCUT2D eigenvalue weighted by atomic mass is 16.5. The second kappa shape index (κ2) is 6.43. The Balaban J connectivity index is 2.07. The molecule has 1 aliphatic rings. The molecule has 0 aromatic heterocycles. The summed E-state index contributed by atoms with van der Waals surface area (Å²) in [5.74, 6) is 0.146. The molecule has 104 valence electrons. The summed E-state index contributed by atoms with van der Waals surface area (Å²) in [5.41, 5.74) is 7.53. The normalized spacial score (nSPS) is 18.3. The molecule has 1 saturated heterocycles. The number of rotatable bonds is 5. The second-order valence-electron chi connectivity index (χ2n) is 4.64. The Morgan fingerprint density at radius 3 is 3.11 bits per heavy atom. The van der Waals surface area contributed by atoms with Crippen molar-refractivity contribution < 1.29 is 14.3 Å². The van der Waals surface area contributed by atoms with Gasteiger partial charge in [0.05, 0.1) is 18.8 Å². The first-order valence-electron chi connectivity index (χ1n) is 6.59. The summed E-state index contributed by atoms with van der Waals surface area (Å²) in [6, 6.07) is 5.24. The molecule has 0 radical (unpaired) electrons. The van der Waals surface area contributed by atoms with Crippen LogP contribution >= 0.6 is 0 Å². The molecule has 1 atom stereocenters. The van der Waals surface area contributed by atoms with Crippen LogP contribution in [-0.2, 0) is 9.47 Å². The van der Waals surface area contributed by atoms with Gasteiger partial charge in [0, 0.05) is 30.4 Å². The summed E-state index contributed by atoms with van der Waals surface area (Å²) in [5, 5.41) is 3.29. The first-order valence-corrected chi connectivity index (χ1v) is 6.59. The van der Waals surface area contributed by atoms with Gasteiger partial charge in [0.2, 0.25) is 0 Å². The highest BCUT2D eigenvalue weighted by molar-refractivity contribution is 5.96. The van der Waals surface area contributed by atoms with Crippen LogP contribution in [0.25, 0.3) is 0 Å². The van der Waals surface area contributed by atoms with Crippen LogP contribution in [0.3, 0.4) is 0 Å². The fraction of sp³-hybridized carbons (Fsp3) is 0.500. The molecule has 3 N–H and O–H groups in total. The van der Waals surface area contributed by atoms with Crippen LogP contribution in [0, 0.1) is 5.92 Å². The Morgan fingerprint density at radius 1 is 1.58 bits per heavy atom. The average Bonchev–Trinajstić information content (AvgIpc) is 2.90. The molecule has 0 bridgehead atoms.